The van der Waals surface area contributed by atoms with E-state index in [1.54, 1.807) is 0 Å². The molecule has 19 heavy (non-hydrogen) atoms. The van der Waals surface area contributed by atoms with Gasteiger partial charge in [-0.25, -0.2) is 0 Å². The Bertz CT molecular complexity index is 615. The number of hydrogen-bond acceptors (Lipinski definition) is 3. The number of rotatable bonds is 4. The summed E-state index contributed by atoms with van der Waals surface area (Å²) < 4.78 is 5.57. The summed E-state index contributed by atoms with van der Waals surface area (Å²) in [6.07, 6.45) is 3.67. The standard InChI is InChI=1S/C15H18N2O2/c18-15-13-6-2-1-4-11(13)10-14(17-15)16-8-7-12-5-3-9-19-12/h1-2,4,6,10,12H,3,5,7-9H2,(H2,16,17,18). The number of aromatic amines is 1. The van der Waals surface area contributed by atoms with E-state index in [0.29, 0.717) is 6.10 Å². The van der Waals surface area contributed by atoms with Gasteiger partial charge in [-0.1, -0.05) is 18.2 Å². The molecule has 100 valence electrons. The molecule has 2 N–H and O–H groups in total. The van der Waals surface area contributed by atoms with Gasteiger partial charge in [0.1, 0.15) is 5.82 Å². The van der Waals surface area contributed by atoms with Gasteiger partial charge in [-0.15, -0.1) is 0 Å². The monoisotopic (exact) mass is 258 g/mol. The maximum atomic E-state index is 11.9. The SMILES string of the molecule is O=c1[nH]c(NCCC2CCCO2)cc2ccccc12. The van der Waals surface area contributed by atoms with Crippen LogP contribution in [-0.2, 0) is 4.74 Å². The fraction of sp³-hybridized carbons (Fsp3) is 0.400. The minimum atomic E-state index is -0.0438. The van der Waals surface area contributed by atoms with E-state index in [9.17, 15) is 4.79 Å². The zero-order chi connectivity index (χ0) is 13.1. The number of H-pyrrole nitrogens is 1. The molecule has 0 spiro atoms. The van der Waals surface area contributed by atoms with Crippen molar-refractivity contribution in [3.05, 3.63) is 40.7 Å². The largest absolute Gasteiger partial charge is 0.378 e. The van der Waals surface area contributed by atoms with Crippen LogP contribution in [0.4, 0.5) is 5.82 Å². The van der Waals surface area contributed by atoms with Gasteiger partial charge in [0.2, 0.25) is 0 Å². The van der Waals surface area contributed by atoms with Gasteiger partial charge in [-0.05, 0) is 36.8 Å². The number of fused-ring (bicyclic) bond motifs is 1. The first-order valence-electron chi connectivity index (χ1n) is 6.80. The van der Waals surface area contributed by atoms with Gasteiger partial charge >= 0.3 is 0 Å². The Balaban J connectivity index is 1.69. The van der Waals surface area contributed by atoms with E-state index < -0.39 is 0 Å². The lowest BCUT2D eigenvalue weighted by molar-refractivity contribution is 0.107. The molecule has 1 atom stereocenters. The molecule has 2 heterocycles. The number of pyridine rings is 1. The first-order valence-corrected chi connectivity index (χ1v) is 6.80. The van der Waals surface area contributed by atoms with Crippen molar-refractivity contribution in [3.63, 3.8) is 0 Å². The molecule has 3 rings (SSSR count). The highest BCUT2D eigenvalue weighted by atomic mass is 16.5. The molecule has 0 bridgehead atoms. The van der Waals surface area contributed by atoms with Crippen LogP contribution in [0.3, 0.4) is 0 Å². The summed E-state index contributed by atoms with van der Waals surface area (Å²) >= 11 is 0. The molecule has 1 aliphatic heterocycles. The Morgan fingerprint density at radius 1 is 1.37 bits per heavy atom. The first kappa shape index (κ1) is 12.2. The normalized spacial score (nSPS) is 18.8. The van der Waals surface area contributed by atoms with Crippen molar-refractivity contribution in [1.82, 2.24) is 4.98 Å². The van der Waals surface area contributed by atoms with Crippen LogP contribution in [0.1, 0.15) is 19.3 Å². The predicted molar refractivity (Wildman–Crippen MR) is 76.6 cm³/mol. The van der Waals surface area contributed by atoms with Crippen LogP contribution in [0.5, 0.6) is 0 Å². The zero-order valence-electron chi connectivity index (χ0n) is 10.8. The highest BCUT2D eigenvalue weighted by Gasteiger charge is 2.14. The fourth-order valence-electron chi connectivity index (χ4n) is 2.55. The fourth-order valence-corrected chi connectivity index (χ4v) is 2.55. The highest BCUT2D eigenvalue weighted by molar-refractivity contribution is 5.83. The van der Waals surface area contributed by atoms with Crippen molar-refractivity contribution < 1.29 is 4.74 Å². The minimum absolute atomic E-state index is 0.0438. The van der Waals surface area contributed by atoms with E-state index in [1.807, 2.05) is 30.3 Å². The van der Waals surface area contributed by atoms with E-state index in [2.05, 4.69) is 10.3 Å². The Hall–Kier alpha value is -1.81. The molecule has 0 radical (unpaired) electrons. The molecule has 1 aromatic heterocycles. The summed E-state index contributed by atoms with van der Waals surface area (Å²) in [5.74, 6) is 0.779. The van der Waals surface area contributed by atoms with E-state index in [4.69, 9.17) is 4.74 Å². The van der Waals surface area contributed by atoms with Crippen LogP contribution >= 0.6 is 0 Å². The average Bonchev–Trinajstić information content (AvgIpc) is 2.92. The molecule has 1 saturated heterocycles. The third-order valence-electron chi connectivity index (χ3n) is 3.56. The Kier molecular flexibility index (Phi) is 3.51. The lowest BCUT2D eigenvalue weighted by Crippen LogP contribution is -2.15. The molecule has 2 aromatic rings. The van der Waals surface area contributed by atoms with Gasteiger partial charge in [0.25, 0.3) is 5.56 Å². The third-order valence-corrected chi connectivity index (χ3v) is 3.56. The van der Waals surface area contributed by atoms with Crippen LogP contribution < -0.4 is 10.9 Å². The third kappa shape index (κ3) is 2.79. The van der Waals surface area contributed by atoms with Crippen LogP contribution in [0.25, 0.3) is 10.8 Å². The van der Waals surface area contributed by atoms with Crippen LogP contribution in [0.15, 0.2) is 35.1 Å². The minimum Gasteiger partial charge on any atom is -0.378 e. The number of nitrogens with one attached hydrogen (secondary N) is 2. The molecular formula is C15H18N2O2. The van der Waals surface area contributed by atoms with Crippen molar-refractivity contribution in [2.24, 2.45) is 0 Å². The first-order chi connectivity index (χ1) is 9.33. The summed E-state index contributed by atoms with van der Waals surface area (Å²) in [7, 11) is 0. The molecule has 0 amide bonds. The van der Waals surface area contributed by atoms with Crippen LogP contribution in [0, 0.1) is 0 Å². The predicted octanol–water partition coefficient (Wildman–Crippen LogP) is 2.51. The second-order valence-electron chi connectivity index (χ2n) is 4.95. The molecule has 4 heteroatoms. The van der Waals surface area contributed by atoms with Crippen LogP contribution in [-0.4, -0.2) is 24.2 Å². The molecule has 4 nitrogen and oxygen atoms in total. The van der Waals surface area contributed by atoms with Gasteiger partial charge in [0.15, 0.2) is 0 Å². The lowest BCUT2D eigenvalue weighted by atomic mass is 10.1. The van der Waals surface area contributed by atoms with Crippen molar-refractivity contribution in [3.8, 4) is 0 Å². The smallest absolute Gasteiger partial charge is 0.257 e. The van der Waals surface area contributed by atoms with Crippen LogP contribution in [0.2, 0.25) is 0 Å². The second-order valence-corrected chi connectivity index (χ2v) is 4.95. The Morgan fingerprint density at radius 3 is 3.11 bits per heavy atom. The average molecular weight is 258 g/mol. The van der Waals surface area contributed by atoms with E-state index in [0.717, 1.165) is 49.0 Å². The van der Waals surface area contributed by atoms with E-state index in [1.165, 1.54) is 0 Å². The van der Waals surface area contributed by atoms with E-state index in [-0.39, 0.29) is 5.56 Å². The van der Waals surface area contributed by atoms with Crippen molar-refractivity contribution in [2.75, 3.05) is 18.5 Å². The molecule has 0 saturated carbocycles. The Labute approximate surface area is 111 Å². The molecule has 1 unspecified atom stereocenters. The van der Waals surface area contributed by atoms with Gasteiger partial charge in [-0.2, -0.15) is 0 Å². The maximum absolute atomic E-state index is 11.9. The summed E-state index contributed by atoms with van der Waals surface area (Å²) in [4.78, 5) is 14.8. The topological polar surface area (TPSA) is 54.1 Å². The Morgan fingerprint density at radius 2 is 2.26 bits per heavy atom. The van der Waals surface area contributed by atoms with Gasteiger partial charge in [-0.3, -0.25) is 4.79 Å². The zero-order valence-corrected chi connectivity index (χ0v) is 10.8. The van der Waals surface area contributed by atoms with Gasteiger partial charge in [0, 0.05) is 18.5 Å². The number of aromatic nitrogens is 1. The second kappa shape index (κ2) is 5.45. The number of anilines is 1. The maximum Gasteiger partial charge on any atom is 0.257 e. The molecule has 1 aromatic carbocycles. The summed E-state index contributed by atoms with van der Waals surface area (Å²) in [6, 6.07) is 9.59. The summed E-state index contributed by atoms with van der Waals surface area (Å²) in [6.45, 7) is 1.70. The summed E-state index contributed by atoms with van der Waals surface area (Å²) in [5, 5.41) is 4.96. The quantitative estimate of drug-likeness (QED) is 0.886. The molecular weight excluding hydrogens is 240 g/mol. The highest BCUT2D eigenvalue weighted by Crippen LogP contribution is 2.16. The van der Waals surface area contributed by atoms with Gasteiger partial charge < -0.3 is 15.0 Å². The van der Waals surface area contributed by atoms with E-state index >= 15 is 0 Å². The van der Waals surface area contributed by atoms with Crippen molar-refractivity contribution in [1.29, 1.82) is 0 Å². The number of ether oxygens (including phenoxy) is 1. The summed E-state index contributed by atoms with van der Waals surface area (Å²) in [5.41, 5.74) is -0.0438. The number of benzene rings is 1. The lowest BCUT2D eigenvalue weighted by Gasteiger charge is -2.11. The molecule has 0 aliphatic carbocycles. The van der Waals surface area contributed by atoms with Gasteiger partial charge in [0.05, 0.1) is 6.10 Å². The molecule has 1 aliphatic rings. The molecule has 1 fully saturated rings. The van der Waals surface area contributed by atoms with Crippen molar-refractivity contribution in [2.45, 2.75) is 25.4 Å². The number of hydrogen-bond donors (Lipinski definition) is 2. The van der Waals surface area contributed by atoms with Crippen molar-refractivity contribution >= 4 is 16.6 Å².